The lowest BCUT2D eigenvalue weighted by Crippen LogP contribution is -2.56. The predicted octanol–water partition coefficient (Wildman–Crippen LogP) is 3.28. The molecule has 2 aliphatic heterocycles. The molecule has 4 heterocycles. The summed E-state index contributed by atoms with van der Waals surface area (Å²) in [6.07, 6.45) is 3.74. The third-order valence-corrected chi connectivity index (χ3v) is 6.05. The van der Waals surface area contributed by atoms with Gasteiger partial charge < -0.3 is 4.90 Å². The standard InChI is InChI=1S/C17H20F2N4S/c18-17(19)5-8-22(11-14-3-1-10-24-14)12-16(17)4-9-23(13-16)15-20-6-2-7-21-15/h1-3,6-7,10H,4-5,8-9,11-13H2/t16-/m1/s1. The molecule has 1 atom stereocenters. The molecular weight excluding hydrogens is 330 g/mol. The lowest BCUT2D eigenvalue weighted by Gasteiger charge is -2.45. The number of aromatic nitrogens is 2. The van der Waals surface area contributed by atoms with Gasteiger partial charge in [0.1, 0.15) is 0 Å². The van der Waals surface area contributed by atoms with E-state index in [0.29, 0.717) is 38.5 Å². The Morgan fingerprint density at radius 2 is 1.92 bits per heavy atom. The first-order valence-corrected chi connectivity index (χ1v) is 9.11. The summed E-state index contributed by atoms with van der Waals surface area (Å²) in [5.41, 5.74) is -0.998. The van der Waals surface area contributed by atoms with E-state index < -0.39 is 11.3 Å². The topological polar surface area (TPSA) is 32.3 Å². The molecule has 0 bridgehead atoms. The minimum atomic E-state index is -2.64. The lowest BCUT2D eigenvalue weighted by molar-refractivity contribution is -0.158. The van der Waals surface area contributed by atoms with Crippen molar-refractivity contribution in [1.29, 1.82) is 0 Å². The molecule has 0 radical (unpaired) electrons. The highest BCUT2D eigenvalue weighted by molar-refractivity contribution is 7.09. The van der Waals surface area contributed by atoms with Crippen LogP contribution in [0.4, 0.5) is 14.7 Å². The number of hydrogen-bond acceptors (Lipinski definition) is 5. The maximum atomic E-state index is 14.8. The molecular formula is C17H20F2N4S. The van der Waals surface area contributed by atoms with Crippen LogP contribution in [0.3, 0.4) is 0 Å². The van der Waals surface area contributed by atoms with Gasteiger partial charge in [-0.05, 0) is 23.9 Å². The van der Waals surface area contributed by atoms with E-state index in [4.69, 9.17) is 0 Å². The van der Waals surface area contributed by atoms with Crippen LogP contribution in [0.5, 0.6) is 0 Å². The Kier molecular flexibility index (Phi) is 4.00. The summed E-state index contributed by atoms with van der Waals surface area (Å²) in [7, 11) is 0. The minimum absolute atomic E-state index is 0.0676. The first kappa shape index (κ1) is 15.9. The van der Waals surface area contributed by atoms with Crippen LogP contribution in [-0.4, -0.2) is 47.0 Å². The van der Waals surface area contributed by atoms with Crippen molar-refractivity contribution in [2.45, 2.75) is 25.3 Å². The highest BCUT2D eigenvalue weighted by Gasteiger charge is 2.59. The van der Waals surface area contributed by atoms with E-state index in [1.54, 1.807) is 29.8 Å². The molecule has 2 saturated heterocycles. The molecule has 4 rings (SSSR count). The molecule has 2 aromatic heterocycles. The Balaban J connectivity index is 1.53. The number of hydrogen-bond donors (Lipinski definition) is 0. The van der Waals surface area contributed by atoms with Crippen molar-refractivity contribution >= 4 is 17.3 Å². The monoisotopic (exact) mass is 350 g/mol. The predicted molar refractivity (Wildman–Crippen MR) is 90.5 cm³/mol. The van der Waals surface area contributed by atoms with Crippen LogP contribution >= 0.6 is 11.3 Å². The Morgan fingerprint density at radius 1 is 1.08 bits per heavy atom. The summed E-state index contributed by atoms with van der Waals surface area (Å²) in [5.74, 6) is -2.08. The SMILES string of the molecule is FC1(F)CCN(Cc2cccs2)C[C@@]12CCN(c1ncccn1)C2. The highest BCUT2D eigenvalue weighted by atomic mass is 32.1. The molecule has 0 aromatic carbocycles. The van der Waals surface area contributed by atoms with Crippen molar-refractivity contribution in [3.8, 4) is 0 Å². The van der Waals surface area contributed by atoms with E-state index in [1.165, 1.54) is 4.88 Å². The van der Waals surface area contributed by atoms with E-state index in [0.717, 1.165) is 6.54 Å². The third kappa shape index (κ3) is 2.80. The molecule has 7 heteroatoms. The highest BCUT2D eigenvalue weighted by Crippen LogP contribution is 2.50. The molecule has 2 aromatic rings. The lowest BCUT2D eigenvalue weighted by atomic mass is 9.75. The summed E-state index contributed by atoms with van der Waals surface area (Å²) in [6.45, 7) is 2.56. The Hall–Kier alpha value is -1.60. The van der Waals surface area contributed by atoms with E-state index in [2.05, 4.69) is 20.9 Å². The zero-order valence-electron chi connectivity index (χ0n) is 13.4. The molecule has 128 valence electrons. The van der Waals surface area contributed by atoms with Gasteiger partial charge in [0.2, 0.25) is 5.95 Å². The number of rotatable bonds is 3. The van der Waals surface area contributed by atoms with Gasteiger partial charge in [-0.15, -0.1) is 11.3 Å². The molecule has 0 saturated carbocycles. The van der Waals surface area contributed by atoms with E-state index in [1.807, 2.05) is 16.3 Å². The van der Waals surface area contributed by atoms with Gasteiger partial charge in [-0.1, -0.05) is 6.07 Å². The second-order valence-electron chi connectivity index (χ2n) is 6.75. The number of halogens is 2. The van der Waals surface area contributed by atoms with Gasteiger partial charge in [0.25, 0.3) is 5.92 Å². The van der Waals surface area contributed by atoms with Crippen molar-refractivity contribution in [3.63, 3.8) is 0 Å². The first-order valence-electron chi connectivity index (χ1n) is 8.23. The fraction of sp³-hybridized carbons (Fsp3) is 0.529. The summed E-state index contributed by atoms with van der Waals surface area (Å²) in [5, 5.41) is 2.04. The van der Waals surface area contributed by atoms with Crippen LogP contribution in [-0.2, 0) is 6.54 Å². The number of piperidine rings is 1. The molecule has 0 aliphatic carbocycles. The average Bonchev–Trinajstić information content (AvgIpc) is 3.23. The van der Waals surface area contributed by atoms with Crippen LogP contribution in [0.15, 0.2) is 36.0 Å². The number of anilines is 1. The van der Waals surface area contributed by atoms with Gasteiger partial charge in [-0.2, -0.15) is 0 Å². The van der Waals surface area contributed by atoms with Crippen LogP contribution in [0.2, 0.25) is 0 Å². The van der Waals surface area contributed by atoms with Gasteiger partial charge in [0.05, 0.1) is 5.41 Å². The number of likely N-dealkylation sites (tertiary alicyclic amines) is 1. The molecule has 4 nitrogen and oxygen atoms in total. The van der Waals surface area contributed by atoms with E-state index in [9.17, 15) is 8.78 Å². The summed E-state index contributed by atoms with van der Waals surface area (Å²) < 4.78 is 29.6. The quantitative estimate of drug-likeness (QED) is 0.850. The molecule has 24 heavy (non-hydrogen) atoms. The average molecular weight is 350 g/mol. The largest absolute Gasteiger partial charge is 0.340 e. The second-order valence-corrected chi connectivity index (χ2v) is 7.78. The number of nitrogens with zero attached hydrogens (tertiary/aromatic N) is 4. The molecule has 0 amide bonds. The number of alkyl halides is 2. The smallest absolute Gasteiger partial charge is 0.257 e. The van der Waals surface area contributed by atoms with Gasteiger partial charge in [0, 0.05) is 56.4 Å². The summed E-state index contributed by atoms with van der Waals surface area (Å²) in [6, 6.07) is 5.83. The van der Waals surface area contributed by atoms with Gasteiger partial charge in [0.15, 0.2) is 0 Å². The van der Waals surface area contributed by atoms with Crippen molar-refractivity contribution < 1.29 is 8.78 Å². The maximum absolute atomic E-state index is 14.8. The summed E-state index contributed by atoms with van der Waals surface area (Å²) >= 11 is 1.69. The van der Waals surface area contributed by atoms with Crippen LogP contribution in [0.1, 0.15) is 17.7 Å². The first-order chi connectivity index (χ1) is 11.6. The summed E-state index contributed by atoms with van der Waals surface area (Å²) in [4.78, 5) is 13.8. The fourth-order valence-corrected chi connectivity index (χ4v) is 4.62. The van der Waals surface area contributed by atoms with E-state index in [-0.39, 0.29) is 6.42 Å². The molecule has 0 unspecified atom stereocenters. The normalized spacial score (nSPS) is 27.0. The Labute approximate surface area is 144 Å². The third-order valence-electron chi connectivity index (χ3n) is 5.19. The van der Waals surface area contributed by atoms with Crippen molar-refractivity contribution in [2.24, 2.45) is 5.41 Å². The van der Waals surface area contributed by atoms with Gasteiger partial charge >= 0.3 is 0 Å². The van der Waals surface area contributed by atoms with Crippen LogP contribution in [0, 0.1) is 5.41 Å². The van der Waals surface area contributed by atoms with Crippen LogP contribution < -0.4 is 4.90 Å². The Bertz CT molecular complexity index is 679. The van der Waals surface area contributed by atoms with Crippen molar-refractivity contribution in [2.75, 3.05) is 31.1 Å². The van der Waals surface area contributed by atoms with Crippen molar-refractivity contribution in [3.05, 3.63) is 40.8 Å². The molecule has 2 aliphatic rings. The second kappa shape index (κ2) is 6.04. The van der Waals surface area contributed by atoms with E-state index >= 15 is 0 Å². The molecule has 0 N–H and O–H groups in total. The van der Waals surface area contributed by atoms with Gasteiger partial charge in [-0.3, -0.25) is 4.90 Å². The zero-order chi connectivity index (χ0) is 16.6. The van der Waals surface area contributed by atoms with Crippen LogP contribution in [0.25, 0.3) is 0 Å². The Morgan fingerprint density at radius 3 is 2.67 bits per heavy atom. The molecule has 2 fully saturated rings. The zero-order valence-corrected chi connectivity index (χ0v) is 14.2. The maximum Gasteiger partial charge on any atom is 0.257 e. The fourth-order valence-electron chi connectivity index (χ4n) is 3.87. The minimum Gasteiger partial charge on any atom is -0.340 e. The van der Waals surface area contributed by atoms with Gasteiger partial charge in [-0.25, -0.2) is 18.7 Å². The van der Waals surface area contributed by atoms with Crippen molar-refractivity contribution in [1.82, 2.24) is 14.9 Å². The number of thiophene rings is 1. The molecule has 1 spiro atoms.